The lowest BCUT2D eigenvalue weighted by Gasteiger charge is -2.31. The Hall–Kier alpha value is -3.83. The van der Waals surface area contributed by atoms with Crippen molar-refractivity contribution >= 4 is 17.4 Å². The Balaban J connectivity index is 1.51. The number of amides is 1. The van der Waals surface area contributed by atoms with Gasteiger partial charge in [-0.25, -0.2) is 4.39 Å². The molecule has 2 aromatic carbocycles. The zero-order valence-electron chi connectivity index (χ0n) is 20.4. The minimum atomic E-state index is -4.99. The van der Waals surface area contributed by atoms with E-state index in [4.69, 9.17) is 4.74 Å². The molecule has 200 valence electrons. The highest BCUT2D eigenvalue weighted by Gasteiger charge is 2.33. The Morgan fingerprint density at radius 2 is 1.87 bits per heavy atom. The number of anilines is 1. The lowest BCUT2D eigenvalue weighted by Crippen LogP contribution is -2.47. The van der Waals surface area contributed by atoms with Gasteiger partial charge in [-0.2, -0.15) is 0 Å². The number of alkyl halides is 3. The standard InChI is InChI=1S/C27H25F4N3O4/c1-17(34-9-11-37-12-10-34)26(36)33-23-15-20(6-8-25(23)38-27(29,30)31)24(35)13-18-5-7-22(32-16-18)19-3-2-4-21(28)14-19/h2-8,14-17H,9-13H2,1H3,(H,33,36). The summed E-state index contributed by atoms with van der Waals surface area (Å²) in [5.74, 6) is -1.97. The van der Waals surface area contributed by atoms with E-state index in [2.05, 4.69) is 15.0 Å². The van der Waals surface area contributed by atoms with Crippen LogP contribution in [-0.4, -0.2) is 60.3 Å². The Kier molecular flexibility index (Phi) is 8.38. The van der Waals surface area contributed by atoms with Crippen LogP contribution in [0, 0.1) is 5.82 Å². The first-order valence-electron chi connectivity index (χ1n) is 11.9. The molecule has 0 bridgehead atoms. The highest BCUT2D eigenvalue weighted by molar-refractivity contribution is 6.01. The molecule has 0 radical (unpaired) electrons. The highest BCUT2D eigenvalue weighted by Crippen LogP contribution is 2.32. The predicted octanol–water partition coefficient (Wildman–Crippen LogP) is 4.87. The first kappa shape index (κ1) is 27.2. The molecule has 3 aromatic rings. The van der Waals surface area contributed by atoms with Gasteiger partial charge < -0.3 is 14.8 Å². The number of carbonyl (C=O) groups excluding carboxylic acids is 2. The average molecular weight is 532 g/mol. The van der Waals surface area contributed by atoms with Crippen molar-refractivity contribution in [1.82, 2.24) is 9.88 Å². The Morgan fingerprint density at radius 1 is 1.11 bits per heavy atom. The van der Waals surface area contributed by atoms with Crippen LogP contribution in [-0.2, 0) is 16.0 Å². The average Bonchev–Trinajstić information content (AvgIpc) is 2.89. The van der Waals surface area contributed by atoms with Crippen molar-refractivity contribution in [3.05, 3.63) is 77.7 Å². The van der Waals surface area contributed by atoms with Crippen LogP contribution >= 0.6 is 0 Å². The molecule has 1 fully saturated rings. The molecule has 0 spiro atoms. The van der Waals surface area contributed by atoms with Crippen molar-refractivity contribution in [3.8, 4) is 17.0 Å². The first-order valence-corrected chi connectivity index (χ1v) is 11.9. The number of nitrogens with one attached hydrogen (secondary N) is 1. The van der Waals surface area contributed by atoms with E-state index in [1.54, 1.807) is 31.2 Å². The monoisotopic (exact) mass is 531 g/mol. The summed E-state index contributed by atoms with van der Waals surface area (Å²) >= 11 is 0. The number of morpholine rings is 1. The number of ether oxygens (including phenoxy) is 2. The first-order chi connectivity index (χ1) is 18.1. The molecule has 1 saturated heterocycles. The topological polar surface area (TPSA) is 80.8 Å². The predicted molar refractivity (Wildman–Crippen MR) is 131 cm³/mol. The van der Waals surface area contributed by atoms with E-state index >= 15 is 0 Å². The molecule has 2 heterocycles. The SMILES string of the molecule is CC(C(=O)Nc1cc(C(=O)Cc2ccc(-c3cccc(F)c3)nc2)ccc1OC(F)(F)F)N1CCOCC1. The number of halogens is 4. The number of hydrogen-bond donors (Lipinski definition) is 1. The van der Waals surface area contributed by atoms with Crippen LogP contribution in [0.25, 0.3) is 11.3 Å². The second-order valence-corrected chi connectivity index (χ2v) is 8.73. The molecule has 11 heteroatoms. The summed E-state index contributed by atoms with van der Waals surface area (Å²) in [6, 6.07) is 12.0. The number of carbonyl (C=O) groups is 2. The van der Waals surface area contributed by atoms with E-state index in [1.807, 2.05) is 4.90 Å². The second kappa shape index (κ2) is 11.7. The van der Waals surface area contributed by atoms with Gasteiger partial charge in [-0.15, -0.1) is 13.2 Å². The van der Waals surface area contributed by atoms with Crippen molar-refractivity contribution in [1.29, 1.82) is 0 Å². The maximum Gasteiger partial charge on any atom is 0.573 e. The Bertz CT molecular complexity index is 1290. The van der Waals surface area contributed by atoms with Gasteiger partial charge in [0.25, 0.3) is 0 Å². The Morgan fingerprint density at radius 3 is 2.53 bits per heavy atom. The number of ketones is 1. The third-order valence-corrected chi connectivity index (χ3v) is 6.07. The quantitative estimate of drug-likeness (QED) is 0.330. The van der Waals surface area contributed by atoms with Gasteiger partial charge in [-0.05, 0) is 48.9 Å². The fourth-order valence-corrected chi connectivity index (χ4v) is 4.02. The summed E-state index contributed by atoms with van der Waals surface area (Å²) in [6.45, 7) is 3.54. The molecule has 1 N–H and O–H groups in total. The molecule has 1 aliphatic heterocycles. The molecule has 1 unspecified atom stereocenters. The van der Waals surface area contributed by atoms with Gasteiger partial charge in [-0.3, -0.25) is 19.5 Å². The van der Waals surface area contributed by atoms with E-state index in [1.165, 1.54) is 30.5 Å². The van der Waals surface area contributed by atoms with Gasteiger partial charge in [-0.1, -0.05) is 18.2 Å². The lowest BCUT2D eigenvalue weighted by molar-refractivity contribution is -0.274. The number of nitrogens with zero attached hydrogens (tertiary/aromatic N) is 2. The number of Topliss-reactive ketones (excluding diaryl/α,β-unsaturated/α-hetero) is 1. The Labute approximate surface area is 216 Å². The van der Waals surface area contributed by atoms with Gasteiger partial charge in [0.05, 0.1) is 30.6 Å². The van der Waals surface area contributed by atoms with E-state index < -0.39 is 35.7 Å². The van der Waals surface area contributed by atoms with E-state index in [0.29, 0.717) is 43.1 Å². The molecule has 1 atom stereocenters. The third-order valence-electron chi connectivity index (χ3n) is 6.07. The minimum absolute atomic E-state index is 0.0862. The maximum atomic E-state index is 13.5. The summed E-state index contributed by atoms with van der Waals surface area (Å²) in [7, 11) is 0. The van der Waals surface area contributed by atoms with Crippen LogP contribution < -0.4 is 10.1 Å². The molecular weight excluding hydrogens is 506 g/mol. The van der Waals surface area contributed by atoms with Crippen LogP contribution in [0.1, 0.15) is 22.8 Å². The smallest absolute Gasteiger partial charge is 0.404 e. The second-order valence-electron chi connectivity index (χ2n) is 8.73. The molecule has 38 heavy (non-hydrogen) atoms. The maximum absolute atomic E-state index is 13.5. The number of hydrogen-bond acceptors (Lipinski definition) is 6. The molecule has 4 rings (SSSR count). The van der Waals surface area contributed by atoms with Crippen molar-refractivity contribution in [3.63, 3.8) is 0 Å². The third kappa shape index (κ3) is 7.14. The van der Waals surface area contributed by atoms with Crippen LogP contribution in [0.2, 0.25) is 0 Å². The van der Waals surface area contributed by atoms with Crippen molar-refractivity contribution < 1.29 is 36.6 Å². The fourth-order valence-electron chi connectivity index (χ4n) is 4.02. The summed E-state index contributed by atoms with van der Waals surface area (Å²) in [5, 5.41) is 2.48. The van der Waals surface area contributed by atoms with Gasteiger partial charge in [0, 0.05) is 36.8 Å². The largest absolute Gasteiger partial charge is 0.573 e. The summed E-state index contributed by atoms with van der Waals surface area (Å²) in [6.07, 6.45) is -3.60. The fraction of sp³-hybridized carbons (Fsp3) is 0.296. The molecular formula is C27H25F4N3O4. The van der Waals surface area contributed by atoms with Crippen LogP contribution in [0.4, 0.5) is 23.2 Å². The van der Waals surface area contributed by atoms with Crippen LogP contribution in [0.5, 0.6) is 5.75 Å². The molecule has 0 aliphatic carbocycles. The molecule has 1 aromatic heterocycles. The van der Waals surface area contributed by atoms with Gasteiger partial charge in [0.15, 0.2) is 11.5 Å². The van der Waals surface area contributed by atoms with E-state index in [-0.39, 0.29) is 17.7 Å². The normalized spacial score (nSPS) is 15.1. The summed E-state index contributed by atoms with van der Waals surface area (Å²) in [5.41, 5.74) is 1.47. The number of pyridine rings is 1. The molecule has 1 amide bonds. The number of aromatic nitrogens is 1. The molecule has 0 saturated carbocycles. The van der Waals surface area contributed by atoms with Gasteiger partial charge >= 0.3 is 6.36 Å². The van der Waals surface area contributed by atoms with Gasteiger partial charge in [0.2, 0.25) is 5.91 Å². The summed E-state index contributed by atoms with van der Waals surface area (Å²) in [4.78, 5) is 31.9. The van der Waals surface area contributed by atoms with Gasteiger partial charge in [0.1, 0.15) is 5.82 Å². The van der Waals surface area contributed by atoms with E-state index in [0.717, 1.165) is 6.07 Å². The van der Waals surface area contributed by atoms with Crippen LogP contribution in [0.15, 0.2) is 60.8 Å². The van der Waals surface area contributed by atoms with Crippen molar-refractivity contribution in [2.45, 2.75) is 25.7 Å². The zero-order valence-corrected chi connectivity index (χ0v) is 20.4. The lowest BCUT2D eigenvalue weighted by atomic mass is 10.0. The van der Waals surface area contributed by atoms with Crippen molar-refractivity contribution in [2.24, 2.45) is 0 Å². The van der Waals surface area contributed by atoms with Crippen molar-refractivity contribution in [2.75, 3.05) is 31.6 Å². The van der Waals surface area contributed by atoms with Crippen LogP contribution in [0.3, 0.4) is 0 Å². The number of rotatable bonds is 8. The molecule has 1 aliphatic rings. The molecule has 7 nitrogen and oxygen atoms in total. The number of benzene rings is 2. The van der Waals surface area contributed by atoms with E-state index in [9.17, 15) is 27.2 Å². The zero-order chi connectivity index (χ0) is 27.3. The summed E-state index contributed by atoms with van der Waals surface area (Å²) < 4.78 is 61.8. The highest BCUT2D eigenvalue weighted by atomic mass is 19.4. The minimum Gasteiger partial charge on any atom is -0.404 e.